The van der Waals surface area contributed by atoms with E-state index in [1.165, 1.54) is 6.33 Å². The number of amides is 1. The minimum atomic E-state index is -0.201. The molecule has 24 heavy (non-hydrogen) atoms. The van der Waals surface area contributed by atoms with Crippen molar-refractivity contribution in [2.24, 2.45) is 0 Å². The minimum absolute atomic E-state index is 0.0598. The van der Waals surface area contributed by atoms with Crippen LogP contribution in [0.25, 0.3) is 0 Å². The van der Waals surface area contributed by atoms with Crippen LogP contribution in [0.1, 0.15) is 17.5 Å². The third-order valence-electron chi connectivity index (χ3n) is 3.96. The number of aromatic nitrogens is 3. The van der Waals surface area contributed by atoms with Crippen molar-refractivity contribution in [3.63, 3.8) is 0 Å². The van der Waals surface area contributed by atoms with Gasteiger partial charge in [-0.3, -0.25) is 9.69 Å². The Morgan fingerprint density at radius 3 is 2.71 bits per heavy atom. The van der Waals surface area contributed by atoms with E-state index < -0.39 is 0 Å². The number of thioether (sulfide) groups is 1. The standard InChI is InChI=1S/C16H19N5OS2/c1-24-7-6-14-15(22)21(16(23)19-14)9-13-5-3-2-4-12(13)8-20-11-17-10-18-20/h2-5,10-11,14H,6-9H2,1H3,(H,19,23). The van der Waals surface area contributed by atoms with Gasteiger partial charge in [0.1, 0.15) is 18.7 Å². The van der Waals surface area contributed by atoms with E-state index in [1.54, 1.807) is 27.7 Å². The molecule has 2 heterocycles. The Kier molecular flexibility index (Phi) is 5.47. The Balaban J connectivity index is 1.74. The molecule has 6 nitrogen and oxygen atoms in total. The topological polar surface area (TPSA) is 63.1 Å². The molecule has 0 bridgehead atoms. The molecule has 1 unspecified atom stereocenters. The molecule has 1 amide bonds. The van der Waals surface area contributed by atoms with Gasteiger partial charge in [-0.25, -0.2) is 9.67 Å². The Morgan fingerprint density at radius 2 is 2.04 bits per heavy atom. The molecule has 8 heteroatoms. The lowest BCUT2D eigenvalue weighted by Gasteiger charge is -2.17. The lowest BCUT2D eigenvalue weighted by atomic mass is 10.1. The van der Waals surface area contributed by atoms with Crippen molar-refractivity contribution in [1.29, 1.82) is 0 Å². The van der Waals surface area contributed by atoms with E-state index in [0.717, 1.165) is 23.3 Å². The van der Waals surface area contributed by atoms with Gasteiger partial charge < -0.3 is 5.32 Å². The fraction of sp³-hybridized carbons (Fsp3) is 0.375. The van der Waals surface area contributed by atoms with Crippen molar-refractivity contribution in [3.8, 4) is 0 Å². The summed E-state index contributed by atoms with van der Waals surface area (Å²) >= 11 is 7.09. The third kappa shape index (κ3) is 3.76. The molecule has 1 aromatic carbocycles. The van der Waals surface area contributed by atoms with E-state index in [-0.39, 0.29) is 11.9 Å². The first kappa shape index (κ1) is 16.9. The van der Waals surface area contributed by atoms with E-state index >= 15 is 0 Å². The zero-order chi connectivity index (χ0) is 16.9. The van der Waals surface area contributed by atoms with Gasteiger partial charge in [0, 0.05) is 0 Å². The fourth-order valence-electron chi connectivity index (χ4n) is 2.68. The highest BCUT2D eigenvalue weighted by Crippen LogP contribution is 2.18. The summed E-state index contributed by atoms with van der Waals surface area (Å²) in [7, 11) is 0. The summed E-state index contributed by atoms with van der Waals surface area (Å²) < 4.78 is 1.77. The van der Waals surface area contributed by atoms with Gasteiger partial charge in [0.25, 0.3) is 5.91 Å². The average Bonchev–Trinajstić information content (AvgIpc) is 3.18. The Labute approximate surface area is 150 Å². The van der Waals surface area contributed by atoms with E-state index in [1.807, 2.05) is 30.5 Å². The zero-order valence-electron chi connectivity index (χ0n) is 13.4. The van der Waals surface area contributed by atoms with Crippen molar-refractivity contribution >= 4 is 35.0 Å². The Morgan fingerprint density at radius 1 is 1.29 bits per heavy atom. The van der Waals surface area contributed by atoms with Gasteiger partial charge in [-0.05, 0) is 41.8 Å². The van der Waals surface area contributed by atoms with E-state index in [9.17, 15) is 4.79 Å². The maximum absolute atomic E-state index is 12.6. The number of carbonyl (C=O) groups is 1. The van der Waals surface area contributed by atoms with Crippen LogP contribution < -0.4 is 5.32 Å². The van der Waals surface area contributed by atoms with Gasteiger partial charge in [-0.1, -0.05) is 24.3 Å². The second kappa shape index (κ2) is 7.76. The maximum Gasteiger partial charge on any atom is 0.251 e. The van der Waals surface area contributed by atoms with Crippen molar-refractivity contribution in [2.75, 3.05) is 12.0 Å². The Bertz CT molecular complexity index is 719. The van der Waals surface area contributed by atoms with Crippen LogP contribution in [-0.4, -0.2) is 48.7 Å². The molecule has 1 atom stereocenters. The van der Waals surface area contributed by atoms with Gasteiger partial charge in [-0.2, -0.15) is 16.9 Å². The van der Waals surface area contributed by atoms with Crippen molar-refractivity contribution < 1.29 is 4.79 Å². The summed E-state index contributed by atoms with van der Waals surface area (Å²) in [5.41, 5.74) is 2.17. The number of rotatable bonds is 7. The molecular formula is C16H19N5OS2. The van der Waals surface area contributed by atoms with E-state index in [0.29, 0.717) is 18.2 Å². The van der Waals surface area contributed by atoms with Crippen LogP contribution in [0.2, 0.25) is 0 Å². The molecule has 2 aromatic rings. The predicted molar refractivity (Wildman–Crippen MR) is 98.6 cm³/mol. The van der Waals surface area contributed by atoms with E-state index in [4.69, 9.17) is 12.2 Å². The molecule has 1 aliphatic heterocycles. The molecule has 3 rings (SSSR count). The van der Waals surface area contributed by atoms with Crippen LogP contribution >= 0.6 is 24.0 Å². The Hall–Kier alpha value is -1.93. The molecule has 0 radical (unpaired) electrons. The number of hydrogen-bond acceptors (Lipinski definition) is 5. The molecule has 0 spiro atoms. The quantitative estimate of drug-likeness (QED) is 0.757. The number of carbonyl (C=O) groups excluding carboxylic acids is 1. The van der Waals surface area contributed by atoms with Gasteiger partial charge in [0.05, 0.1) is 13.1 Å². The summed E-state index contributed by atoms with van der Waals surface area (Å²) in [6.07, 6.45) is 6.03. The lowest BCUT2D eigenvalue weighted by Crippen LogP contribution is -2.31. The van der Waals surface area contributed by atoms with Crippen LogP contribution in [0, 0.1) is 0 Å². The first-order chi connectivity index (χ1) is 11.7. The largest absolute Gasteiger partial charge is 0.350 e. The molecule has 0 saturated carbocycles. The predicted octanol–water partition coefficient (Wildman–Crippen LogP) is 1.66. The van der Waals surface area contributed by atoms with Crippen LogP contribution in [0.4, 0.5) is 0 Å². The molecular weight excluding hydrogens is 342 g/mol. The first-order valence-corrected chi connectivity index (χ1v) is 9.49. The number of nitrogens with one attached hydrogen (secondary N) is 1. The monoisotopic (exact) mass is 361 g/mol. The van der Waals surface area contributed by atoms with Gasteiger partial charge in [-0.15, -0.1) is 0 Å². The summed E-state index contributed by atoms with van der Waals surface area (Å²) in [5.74, 6) is 0.993. The summed E-state index contributed by atoms with van der Waals surface area (Å²) in [5, 5.41) is 7.80. The third-order valence-corrected chi connectivity index (χ3v) is 4.95. The molecule has 1 fully saturated rings. The number of hydrogen-bond donors (Lipinski definition) is 1. The van der Waals surface area contributed by atoms with Crippen molar-refractivity contribution in [2.45, 2.75) is 25.6 Å². The van der Waals surface area contributed by atoms with Gasteiger partial charge >= 0.3 is 0 Å². The number of nitrogens with zero attached hydrogens (tertiary/aromatic N) is 4. The molecule has 0 aliphatic carbocycles. The first-order valence-electron chi connectivity index (χ1n) is 7.69. The minimum Gasteiger partial charge on any atom is -0.350 e. The van der Waals surface area contributed by atoms with Gasteiger partial charge in [0.15, 0.2) is 5.11 Å². The summed E-state index contributed by atoms with van der Waals surface area (Å²) in [6, 6.07) is 7.82. The van der Waals surface area contributed by atoms with Gasteiger partial charge in [0.2, 0.25) is 0 Å². The smallest absolute Gasteiger partial charge is 0.251 e. The zero-order valence-corrected chi connectivity index (χ0v) is 15.0. The summed E-state index contributed by atoms with van der Waals surface area (Å²) in [6.45, 7) is 1.10. The normalized spacial score (nSPS) is 17.4. The molecule has 1 N–H and O–H groups in total. The van der Waals surface area contributed by atoms with Crippen molar-refractivity contribution in [1.82, 2.24) is 25.0 Å². The number of benzene rings is 1. The van der Waals surface area contributed by atoms with Crippen LogP contribution in [0.3, 0.4) is 0 Å². The highest BCUT2D eigenvalue weighted by Gasteiger charge is 2.34. The highest BCUT2D eigenvalue weighted by atomic mass is 32.2. The van der Waals surface area contributed by atoms with E-state index in [2.05, 4.69) is 15.4 Å². The van der Waals surface area contributed by atoms with Crippen LogP contribution in [0.15, 0.2) is 36.9 Å². The molecule has 1 aliphatic rings. The highest BCUT2D eigenvalue weighted by molar-refractivity contribution is 7.98. The molecule has 1 saturated heterocycles. The second-order valence-electron chi connectivity index (χ2n) is 5.57. The van der Waals surface area contributed by atoms with Crippen LogP contribution in [0.5, 0.6) is 0 Å². The fourth-order valence-corrected chi connectivity index (χ4v) is 3.45. The second-order valence-corrected chi connectivity index (χ2v) is 6.94. The van der Waals surface area contributed by atoms with Crippen LogP contribution in [-0.2, 0) is 17.9 Å². The molecule has 1 aromatic heterocycles. The number of thiocarbonyl (C=S) groups is 1. The summed E-state index contributed by atoms with van der Waals surface area (Å²) in [4.78, 5) is 18.2. The average molecular weight is 361 g/mol. The SMILES string of the molecule is CSCCC1NC(=S)N(Cc2ccccc2Cn2cncn2)C1=O. The van der Waals surface area contributed by atoms with Crippen molar-refractivity contribution in [3.05, 3.63) is 48.0 Å². The molecule has 126 valence electrons. The maximum atomic E-state index is 12.6. The lowest BCUT2D eigenvalue weighted by molar-refractivity contribution is -0.127.